The summed E-state index contributed by atoms with van der Waals surface area (Å²) in [6.07, 6.45) is 0.537. The van der Waals surface area contributed by atoms with E-state index in [2.05, 4.69) is 0 Å². The maximum atomic E-state index is 11.8. The van der Waals surface area contributed by atoms with Crippen LogP contribution < -0.4 is 15.2 Å². The van der Waals surface area contributed by atoms with Crippen LogP contribution in [0.25, 0.3) is 0 Å². The monoisotopic (exact) mass is 363 g/mol. The van der Waals surface area contributed by atoms with Crippen molar-refractivity contribution in [2.75, 3.05) is 14.2 Å². The summed E-state index contributed by atoms with van der Waals surface area (Å²) in [6, 6.07) is 24.2. The fourth-order valence-corrected chi connectivity index (χ4v) is 3.30. The summed E-state index contributed by atoms with van der Waals surface area (Å²) in [5.74, 6) is 1.46. The Hall–Kier alpha value is -2.82. The van der Waals surface area contributed by atoms with Gasteiger partial charge in [0.25, 0.3) is 0 Å². The number of hydrogen-bond donors (Lipinski definition) is 2. The Morgan fingerprint density at radius 2 is 1.22 bits per heavy atom. The van der Waals surface area contributed by atoms with Crippen LogP contribution in [0.2, 0.25) is 0 Å². The fourth-order valence-electron chi connectivity index (χ4n) is 3.30. The minimum absolute atomic E-state index is 0.537. The average Bonchev–Trinajstić information content (AvgIpc) is 2.74. The third-order valence-corrected chi connectivity index (χ3v) is 4.90. The lowest BCUT2D eigenvalue weighted by molar-refractivity contribution is 0.0516. The van der Waals surface area contributed by atoms with Gasteiger partial charge >= 0.3 is 0 Å². The van der Waals surface area contributed by atoms with Gasteiger partial charge in [-0.3, -0.25) is 0 Å². The lowest BCUT2D eigenvalue weighted by atomic mass is 9.78. The topological polar surface area (TPSA) is 64.7 Å². The van der Waals surface area contributed by atoms with Crippen molar-refractivity contribution >= 4 is 0 Å². The van der Waals surface area contributed by atoms with Gasteiger partial charge in [-0.1, -0.05) is 54.6 Å². The Labute approximate surface area is 160 Å². The molecule has 3 rings (SSSR count). The molecule has 0 saturated heterocycles. The highest BCUT2D eigenvalue weighted by atomic mass is 16.5. The first-order chi connectivity index (χ1) is 13.1. The van der Waals surface area contributed by atoms with E-state index in [1.54, 1.807) is 14.2 Å². The van der Waals surface area contributed by atoms with E-state index in [1.807, 2.05) is 78.9 Å². The van der Waals surface area contributed by atoms with Crippen LogP contribution in [0.15, 0.2) is 78.9 Å². The van der Waals surface area contributed by atoms with E-state index in [4.69, 9.17) is 15.2 Å². The molecular formula is C23H25NO3. The highest BCUT2D eigenvalue weighted by Crippen LogP contribution is 2.35. The molecule has 0 aliphatic rings. The fraction of sp³-hybridized carbons (Fsp3) is 0.217. The molecule has 27 heavy (non-hydrogen) atoms. The maximum absolute atomic E-state index is 11.8. The molecule has 0 saturated carbocycles. The molecule has 0 spiro atoms. The zero-order valence-corrected chi connectivity index (χ0v) is 15.6. The largest absolute Gasteiger partial charge is 0.497 e. The lowest BCUT2D eigenvalue weighted by Gasteiger charge is -2.35. The number of rotatable bonds is 7. The summed E-state index contributed by atoms with van der Waals surface area (Å²) < 4.78 is 10.5. The van der Waals surface area contributed by atoms with Gasteiger partial charge in [0.05, 0.1) is 14.2 Å². The van der Waals surface area contributed by atoms with Crippen LogP contribution in [-0.2, 0) is 12.0 Å². The van der Waals surface area contributed by atoms with E-state index in [0.29, 0.717) is 6.42 Å². The van der Waals surface area contributed by atoms with Crippen LogP contribution in [0, 0.1) is 0 Å². The summed E-state index contributed by atoms with van der Waals surface area (Å²) in [6.45, 7) is 0. The van der Waals surface area contributed by atoms with Gasteiger partial charge in [0, 0.05) is 6.04 Å². The molecule has 0 amide bonds. The molecular weight excluding hydrogens is 338 g/mol. The zero-order valence-electron chi connectivity index (χ0n) is 15.6. The summed E-state index contributed by atoms with van der Waals surface area (Å²) in [4.78, 5) is 0. The quantitative estimate of drug-likeness (QED) is 0.674. The van der Waals surface area contributed by atoms with E-state index >= 15 is 0 Å². The minimum Gasteiger partial charge on any atom is -0.497 e. The number of ether oxygens (including phenoxy) is 2. The molecule has 0 aliphatic heterocycles. The van der Waals surface area contributed by atoms with Gasteiger partial charge in [0.15, 0.2) is 0 Å². The Morgan fingerprint density at radius 1 is 0.778 bits per heavy atom. The Bertz CT molecular complexity index is 798. The van der Waals surface area contributed by atoms with Gasteiger partial charge in [0.2, 0.25) is 0 Å². The van der Waals surface area contributed by atoms with Gasteiger partial charge in [-0.25, -0.2) is 0 Å². The normalized spacial score (nSPS) is 12.4. The van der Waals surface area contributed by atoms with Gasteiger partial charge in [-0.2, -0.15) is 0 Å². The highest BCUT2D eigenvalue weighted by Gasteiger charge is 2.38. The van der Waals surface area contributed by atoms with Gasteiger partial charge < -0.3 is 20.3 Å². The molecule has 140 valence electrons. The molecule has 0 fully saturated rings. The number of nitrogens with two attached hydrogens (primary N) is 1. The third kappa shape index (κ3) is 3.97. The SMILES string of the molecule is COc1ccc(C(O)(c2ccc(OC)cc2)[C@@H](N)Cc2ccccc2)cc1. The highest BCUT2D eigenvalue weighted by molar-refractivity contribution is 5.43. The zero-order chi connectivity index (χ0) is 19.3. The molecule has 3 aromatic carbocycles. The smallest absolute Gasteiger partial charge is 0.130 e. The van der Waals surface area contributed by atoms with E-state index < -0.39 is 11.6 Å². The maximum Gasteiger partial charge on any atom is 0.130 e. The van der Waals surface area contributed by atoms with Crippen molar-refractivity contribution in [2.24, 2.45) is 5.73 Å². The second-order valence-corrected chi connectivity index (χ2v) is 6.52. The van der Waals surface area contributed by atoms with Crippen LogP contribution in [0.5, 0.6) is 11.5 Å². The van der Waals surface area contributed by atoms with E-state index in [1.165, 1.54) is 0 Å². The Kier molecular flexibility index (Phi) is 5.79. The van der Waals surface area contributed by atoms with Crippen molar-refractivity contribution in [1.82, 2.24) is 0 Å². The second kappa shape index (κ2) is 8.25. The predicted molar refractivity (Wildman–Crippen MR) is 107 cm³/mol. The molecule has 3 N–H and O–H groups in total. The number of methoxy groups -OCH3 is 2. The number of aliphatic hydroxyl groups is 1. The third-order valence-electron chi connectivity index (χ3n) is 4.90. The van der Waals surface area contributed by atoms with Crippen molar-refractivity contribution in [2.45, 2.75) is 18.1 Å². The van der Waals surface area contributed by atoms with Gasteiger partial charge in [-0.05, 0) is 47.4 Å². The molecule has 4 nitrogen and oxygen atoms in total. The summed E-state index contributed by atoms with van der Waals surface area (Å²) >= 11 is 0. The summed E-state index contributed by atoms with van der Waals surface area (Å²) in [5.41, 5.74) is 7.74. The van der Waals surface area contributed by atoms with Gasteiger partial charge in [0.1, 0.15) is 17.1 Å². The molecule has 0 heterocycles. The molecule has 0 bridgehead atoms. The van der Waals surface area contributed by atoms with E-state index in [-0.39, 0.29) is 0 Å². The number of benzene rings is 3. The van der Waals surface area contributed by atoms with Crippen molar-refractivity contribution in [3.8, 4) is 11.5 Å². The van der Waals surface area contributed by atoms with Crippen LogP contribution in [0.1, 0.15) is 16.7 Å². The van der Waals surface area contributed by atoms with Crippen LogP contribution in [0.3, 0.4) is 0 Å². The second-order valence-electron chi connectivity index (χ2n) is 6.52. The predicted octanol–water partition coefficient (Wildman–Crippen LogP) is 3.51. The van der Waals surface area contributed by atoms with Crippen molar-refractivity contribution in [1.29, 1.82) is 0 Å². The molecule has 1 atom stereocenters. The first-order valence-electron chi connectivity index (χ1n) is 8.89. The van der Waals surface area contributed by atoms with Crippen LogP contribution >= 0.6 is 0 Å². The summed E-state index contributed by atoms with van der Waals surface area (Å²) in [5, 5.41) is 11.8. The van der Waals surface area contributed by atoms with Crippen molar-refractivity contribution in [3.05, 3.63) is 95.6 Å². The van der Waals surface area contributed by atoms with Crippen LogP contribution in [-0.4, -0.2) is 25.4 Å². The molecule has 0 aromatic heterocycles. The lowest BCUT2D eigenvalue weighted by Crippen LogP contribution is -2.47. The standard InChI is InChI=1S/C23H25NO3/c1-26-20-12-8-18(9-13-20)23(25,19-10-14-21(27-2)15-11-19)22(24)16-17-6-4-3-5-7-17/h3-15,22,25H,16,24H2,1-2H3/t22-/m0/s1. The molecule has 4 heteroatoms. The first kappa shape index (κ1) is 19.0. The minimum atomic E-state index is -1.35. The number of hydrogen-bond acceptors (Lipinski definition) is 4. The Balaban J connectivity index is 2.03. The average molecular weight is 363 g/mol. The molecule has 3 aromatic rings. The van der Waals surface area contributed by atoms with E-state index in [0.717, 1.165) is 28.2 Å². The molecule has 0 aliphatic carbocycles. The first-order valence-corrected chi connectivity index (χ1v) is 8.89. The van der Waals surface area contributed by atoms with Crippen LogP contribution in [0.4, 0.5) is 0 Å². The van der Waals surface area contributed by atoms with Gasteiger partial charge in [-0.15, -0.1) is 0 Å². The van der Waals surface area contributed by atoms with Crippen molar-refractivity contribution in [3.63, 3.8) is 0 Å². The molecule has 0 radical (unpaired) electrons. The van der Waals surface area contributed by atoms with E-state index in [9.17, 15) is 5.11 Å². The van der Waals surface area contributed by atoms with Crippen molar-refractivity contribution < 1.29 is 14.6 Å². The Morgan fingerprint density at radius 3 is 1.63 bits per heavy atom. The summed E-state index contributed by atoms with van der Waals surface area (Å²) in [7, 11) is 3.23. The molecule has 0 unspecified atom stereocenters.